The molecule has 1 aromatic heterocycles. The highest BCUT2D eigenvalue weighted by Gasteiger charge is 2.20. The molecule has 1 saturated heterocycles. The van der Waals surface area contributed by atoms with Crippen molar-refractivity contribution in [3.63, 3.8) is 0 Å². The zero-order valence-corrected chi connectivity index (χ0v) is 13.1. The topological polar surface area (TPSA) is 83.1 Å². The lowest BCUT2D eigenvalue weighted by atomic mass is 10.00. The molecular weight excluding hydrogens is 318 g/mol. The Morgan fingerprint density at radius 1 is 1.29 bits per heavy atom. The molecule has 0 amide bonds. The van der Waals surface area contributed by atoms with Crippen LogP contribution in [0.25, 0.3) is 0 Å². The van der Waals surface area contributed by atoms with E-state index in [4.69, 9.17) is 4.74 Å². The molecule has 1 fully saturated rings. The van der Waals surface area contributed by atoms with Gasteiger partial charge in [0.25, 0.3) is 0 Å². The van der Waals surface area contributed by atoms with Gasteiger partial charge in [-0.1, -0.05) is 6.07 Å². The van der Waals surface area contributed by atoms with Crippen LogP contribution >= 0.6 is 0 Å². The van der Waals surface area contributed by atoms with Crippen LogP contribution in [0.4, 0.5) is 8.78 Å². The van der Waals surface area contributed by atoms with Crippen molar-refractivity contribution < 1.29 is 18.6 Å². The molecule has 8 heteroatoms. The molecule has 1 unspecified atom stereocenters. The average molecular weight is 338 g/mol. The second-order valence-corrected chi connectivity index (χ2v) is 5.81. The van der Waals surface area contributed by atoms with Gasteiger partial charge in [0, 0.05) is 25.7 Å². The molecule has 3 rings (SSSR count). The standard InChI is InChI=1S/C16H20F2N4O2/c17-11-2-1-3-12(18)15(11)13(23)8-19-9-14-20-16(22-21-14)10-4-6-24-7-5-10/h1-3,10,13,19,23H,4-9H2,(H,20,21,22). The van der Waals surface area contributed by atoms with Gasteiger partial charge in [-0.3, -0.25) is 5.10 Å². The third-order valence-corrected chi connectivity index (χ3v) is 4.10. The number of aromatic amines is 1. The van der Waals surface area contributed by atoms with Gasteiger partial charge in [0.05, 0.1) is 18.2 Å². The van der Waals surface area contributed by atoms with Crippen LogP contribution in [0, 0.1) is 11.6 Å². The first-order valence-electron chi connectivity index (χ1n) is 7.96. The van der Waals surface area contributed by atoms with Crippen molar-refractivity contribution in [1.29, 1.82) is 0 Å². The zero-order valence-electron chi connectivity index (χ0n) is 13.1. The minimum Gasteiger partial charge on any atom is -0.387 e. The van der Waals surface area contributed by atoms with Crippen LogP contribution in [0.15, 0.2) is 18.2 Å². The fourth-order valence-electron chi connectivity index (χ4n) is 2.79. The van der Waals surface area contributed by atoms with E-state index < -0.39 is 17.7 Å². The van der Waals surface area contributed by atoms with E-state index in [9.17, 15) is 13.9 Å². The Balaban J connectivity index is 1.52. The summed E-state index contributed by atoms with van der Waals surface area (Å²) in [6.07, 6.45) is 0.524. The van der Waals surface area contributed by atoms with E-state index in [1.807, 2.05) is 0 Å². The Labute approximate surface area is 138 Å². The molecule has 0 bridgehead atoms. The first-order chi connectivity index (χ1) is 11.6. The van der Waals surface area contributed by atoms with E-state index in [1.165, 1.54) is 6.07 Å². The van der Waals surface area contributed by atoms with Crippen molar-refractivity contribution in [3.05, 3.63) is 47.0 Å². The van der Waals surface area contributed by atoms with Gasteiger partial charge < -0.3 is 15.2 Å². The predicted octanol–water partition coefficient (Wildman–Crippen LogP) is 1.80. The fourth-order valence-corrected chi connectivity index (χ4v) is 2.79. The third-order valence-electron chi connectivity index (χ3n) is 4.10. The second kappa shape index (κ2) is 7.78. The number of aromatic nitrogens is 3. The molecule has 0 saturated carbocycles. The van der Waals surface area contributed by atoms with Crippen LogP contribution in [0.5, 0.6) is 0 Å². The Morgan fingerprint density at radius 2 is 2.00 bits per heavy atom. The van der Waals surface area contributed by atoms with Crippen molar-refractivity contribution in [2.24, 2.45) is 0 Å². The maximum absolute atomic E-state index is 13.6. The third kappa shape index (κ3) is 3.95. The summed E-state index contributed by atoms with van der Waals surface area (Å²) in [6, 6.07) is 3.51. The number of nitrogens with zero attached hydrogens (tertiary/aromatic N) is 2. The molecule has 24 heavy (non-hydrogen) atoms. The van der Waals surface area contributed by atoms with Crippen LogP contribution in [0.2, 0.25) is 0 Å². The molecule has 2 heterocycles. The van der Waals surface area contributed by atoms with E-state index in [1.54, 1.807) is 0 Å². The maximum atomic E-state index is 13.6. The van der Waals surface area contributed by atoms with Gasteiger partial charge in [0.1, 0.15) is 17.5 Å². The second-order valence-electron chi connectivity index (χ2n) is 5.81. The van der Waals surface area contributed by atoms with Gasteiger partial charge in [0.2, 0.25) is 0 Å². The van der Waals surface area contributed by atoms with Gasteiger partial charge in [-0.25, -0.2) is 13.8 Å². The molecular formula is C16H20F2N4O2. The highest BCUT2D eigenvalue weighted by Crippen LogP contribution is 2.23. The van der Waals surface area contributed by atoms with Crippen LogP contribution in [0.3, 0.4) is 0 Å². The summed E-state index contributed by atoms with van der Waals surface area (Å²) in [4.78, 5) is 4.42. The number of halogens is 2. The van der Waals surface area contributed by atoms with Crippen molar-refractivity contribution >= 4 is 0 Å². The van der Waals surface area contributed by atoms with Gasteiger partial charge in [-0.2, -0.15) is 5.10 Å². The highest BCUT2D eigenvalue weighted by atomic mass is 19.1. The van der Waals surface area contributed by atoms with Crippen molar-refractivity contribution in [1.82, 2.24) is 20.5 Å². The molecule has 3 N–H and O–H groups in total. The first-order valence-corrected chi connectivity index (χ1v) is 7.96. The summed E-state index contributed by atoms with van der Waals surface area (Å²) in [5, 5.41) is 20.0. The number of hydrogen-bond donors (Lipinski definition) is 3. The van der Waals surface area contributed by atoms with Crippen LogP contribution < -0.4 is 5.32 Å². The summed E-state index contributed by atoms with van der Waals surface area (Å²) in [6.45, 7) is 1.76. The molecule has 0 spiro atoms. The number of aliphatic hydroxyl groups excluding tert-OH is 1. The van der Waals surface area contributed by atoms with E-state index in [2.05, 4.69) is 20.5 Å². The van der Waals surface area contributed by atoms with E-state index in [0.29, 0.717) is 31.5 Å². The van der Waals surface area contributed by atoms with E-state index in [-0.39, 0.29) is 12.1 Å². The first kappa shape index (κ1) is 16.9. The van der Waals surface area contributed by atoms with Gasteiger partial charge in [0.15, 0.2) is 5.82 Å². The molecule has 2 aromatic rings. The van der Waals surface area contributed by atoms with Crippen molar-refractivity contribution in [2.75, 3.05) is 19.8 Å². The quantitative estimate of drug-likeness (QED) is 0.748. The van der Waals surface area contributed by atoms with Crippen molar-refractivity contribution in [3.8, 4) is 0 Å². The Bertz CT molecular complexity index is 654. The van der Waals surface area contributed by atoms with Gasteiger partial charge in [-0.15, -0.1) is 0 Å². The minimum absolute atomic E-state index is 0.00511. The van der Waals surface area contributed by atoms with Crippen LogP contribution in [-0.2, 0) is 11.3 Å². The molecule has 0 radical (unpaired) electrons. The molecule has 1 aliphatic heterocycles. The molecule has 1 aliphatic rings. The van der Waals surface area contributed by atoms with Gasteiger partial charge >= 0.3 is 0 Å². The Kier molecular flexibility index (Phi) is 5.49. The van der Waals surface area contributed by atoms with Gasteiger partial charge in [-0.05, 0) is 25.0 Å². The molecule has 1 atom stereocenters. The lowest BCUT2D eigenvalue weighted by molar-refractivity contribution is 0.0836. The number of rotatable bonds is 6. The number of benzene rings is 1. The lowest BCUT2D eigenvalue weighted by Crippen LogP contribution is -2.23. The molecule has 1 aromatic carbocycles. The molecule has 6 nitrogen and oxygen atoms in total. The average Bonchev–Trinajstić information content (AvgIpc) is 3.04. The van der Waals surface area contributed by atoms with Crippen molar-refractivity contribution in [2.45, 2.75) is 31.4 Å². The minimum atomic E-state index is -1.27. The predicted molar refractivity (Wildman–Crippen MR) is 82.2 cm³/mol. The monoisotopic (exact) mass is 338 g/mol. The number of hydrogen-bond acceptors (Lipinski definition) is 5. The summed E-state index contributed by atoms with van der Waals surface area (Å²) in [5.74, 6) is 0.159. The smallest absolute Gasteiger partial charge is 0.154 e. The molecule has 130 valence electrons. The Morgan fingerprint density at radius 3 is 2.71 bits per heavy atom. The number of H-pyrrole nitrogens is 1. The fraction of sp³-hybridized carbons (Fsp3) is 0.500. The lowest BCUT2D eigenvalue weighted by Gasteiger charge is -2.18. The Hall–Kier alpha value is -1.90. The summed E-state index contributed by atoms with van der Waals surface area (Å²) < 4.78 is 32.5. The number of nitrogens with one attached hydrogen (secondary N) is 2. The summed E-state index contributed by atoms with van der Waals surface area (Å²) in [7, 11) is 0. The van der Waals surface area contributed by atoms with Crippen LogP contribution in [0.1, 0.15) is 42.1 Å². The number of ether oxygens (including phenoxy) is 1. The SMILES string of the molecule is OC(CNCc1nc(C2CCOCC2)n[nH]1)c1c(F)cccc1F. The van der Waals surface area contributed by atoms with Crippen LogP contribution in [-0.4, -0.2) is 40.0 Å². The van der Waals surface area contributed by atoms with E-state index in [0.717, 1.165) is 30.8 Å². The summed E-state index contributed by atoms with van der Waals surface area (Å²) in [5.41, 5.74) is -0.328. The number of aliphatic hydroxyl groups is 1. The zero-order chi connectivity index (χ0) is 16.9. The molecule has 0 aliphatic carbocycles. The summed E-state index contributed by atoms with van der Waals surface area (Å²) >= 11 is 0. The largest absolute Gasteiger partial charge is 0.387 e. The van der Waals surface area contributed by atoms with E-state index >= 15 is 0 Å². The highest BCUT2D eigenvalue weighted by molar-refractivity contribution is 5.22. The maximum Gasteiger partial charge on any atom is 0.154 e. The normalized spacial score (nSPS) is 17.1.